The van der Waals surface area contributed by atoms with Crippen LogP contribution in [0.5, 0.6) is 0 Å². The van der Waals surface area contributed by atoms with Crippen molar-refractivity contribution in [1.29, 1.82) is 0 Å². The predicted octanol–water partition coefficient (Wildman–Crippen LogP) is 6.30. The van der Waals surface area contributed by atoms with Crippen LogP contribution in [0.4, 0.5) is 17.1 Å². The van der Waals surface area contributed by atoms with Crippen molar-refractivity contribution in [2.75, 3.05) is 23.3 Å². The van der Waals surface area contributed by atoms with Crippen LogP contribution in [0.15, 0.2) is 102 Å². The molecule has 0 saturated heterocycles. The number of hydrogen-bond acceptors (Lipinski definition) is 4. The monoisotopic (exact) mass is 398 g/mol. The summed E-state index contributed by atoms with van der Waals surface area (Å²) in [5.41, 5.74) is 4.24. The standard InChI is InChI=1S/C25H22N2OS/c1-3-16-27(17-4-2)24-19(25(28)18-10-6-5-7-11-18)14-15-22-23(24)26-20-12-8-9-13-21(20)29-22/h3-15,26H,1-2,16-17H2. The fourth-order valence-corrected chi connectivity index (χ4v) is 4.51. The molecule has 1 N–H and O–H groups in total. The SMILES string of the molecule is C=CCN(CC=C)c1c(C(=O)c2ccccc2)ccc2c1Nc1ccccc1S2. The van der Waals surface area contributed by atoms with Crippen molar-refractivity contribution in [2.24, 2.45) is 0 Å². The van der Waals surface area contributed by atoms with Gasteiger partial charge in [0.05, 0.1) is 17.1 Å². The Morgan fingerprint density at radius 1 is 0.897 bits per heavy atom. The van der Waals surface area contributed by atoms with Gasteiger partial charge in [0.1, 0.15) is 0 Å². The molecule has 0 fully saturated rings. The Kier molecular flexibility index (Phi) is 5.54. The van der Waals surface area contributed by atoms with Gasteiger partial charge in [0, 0.05) is 34.0 Å². The highest BCUT2D eigenvalue weighted by molar-refractivity contribution is 7.99. The molecule has 3 nitrogen and oxygen atoms in total. The van der Waals surface area contributed by atoms with Crippen LogP contribution in [0.2, 0.25) is 0 Å². The fraction of sp³-hybridized carbons (Fsp3) is 0.0800. The highest BCUT2D eigenvalue weighted by atomic mass is 32.2. The number of hydrogen-bond donors (Lipinski definition) is 1. The van der Waals surface area contributed by atoms with E-state index in [9.17, 15) is 4.79 Å². The molecule has 1 aliphatic heterocycles. The molecule has 3 aromatic rings. The molecule has 0 spiro atoms. The number of rotatable bonds is 7. The van der Waals surface area contributed by atoms with Crippen LogP contribution in [0.1, 0.15) is 15.9 Å². The molecular formula is C25H22N2OS. The second-order valence-corrected chi connectivity index (χ2v) is 7.82. The van der Waals surface area contributed by atoms with Gasteiger partial charge in [-0.2, -0.15) is 0 Å². The summed E-state index contributed by atoms with van der Waals surface area (Å²) < 4.78 is 0. The molecule has 3 aromatic carbocycles. The van der Waals surface area contributed by atoms with Gasteiger partial charge in [0.2, 0.25) is 0 Å². The van der Waals surface area contributed by atoms with Gasteiger partial charge in [-0.15, -0.1) is 13.2 Å². The third-order valence-corrected chi connectivity index (χ3v) is 5.94. The Labute approximate surface area is 175 Å². The summed E-state index contributed by atoms with van der Waals surface area (Å²) >= 11 is 1.71. The maximum absolute atomic E-state index is 13.4. The average Bonchev–Trinajstić information content (AvgIpc) is 2.77. The van der Waals surface area contributed by atoms with Crippen LogP contribution in [-0.2, 0) is 0 Å². The van der Waals surface area contributed by atoms with Gasteiger partial charge in [0.15, 0.2) is 5.78 Å². The zero-order chi connectivity index (χ0) is 20.2. The molecule has 0 aromatic heterocycles. The van der Waals surface area contributed by atoms with Gasteiger partial charge in [-0.1, -0.05) is 66.4 Å². The first-order valence-electron chi connectivity index (χ1n) is 9.50. The lowest BCUT2D eigenvalue weighted by atomic mass is 9.99. The molecule has 4 heteroatoms. The molecule has 0 saturated carbocycles. The van der Waals surface area contributed by atoms with Crippen LogP contribution in [0.3, 0.4) is 0 Å². The molecule has 1 aliphatic rings. The van der Waals surface area contributed by atoms with E-state index in [0.717, 1.165) is 22.0 Å². The second-order valence-electron chi connectivity index (χ2n) is 6.74. The number of carbonyl (C=O) groups excluding carboxylic acids is 1. The molecule has 0 aliphatic carbocycles. The minimum Gasteiger partial charge on any atom is -0.362 e. The average molecular weight is 399 g/mol. The normalized spacial score (nSPS) is 11.6. The highest BCUT2D eigenvalue weighted by Crippen LogP contribution is 2.49. The molecule has 0 atom stereocenters. The van der Waals surface area contributed by atoms with Crippen molar-refractivity contribution in [3.8, 4) is 0 Å². The molecular weight excluding hydrogens is 376 g/mol. The number of nitrogens with one attached hydrogen (secondary N) is 1. The maximum Gasteiger partial charge on any atom is 0.195 e. The third-order valence-electron chi connectivity index (χ3n) is 4.80. The van der Waals surface area contributed by atoms with Gasteiger partial charge in [-0.05, 0) is 24.3 Å². The van der Waals surface area contributed by atoms with E-state index in [1.54, 1.807) is 11.8 Å². The van der Waals surface area contributed by atoms with Gasteiger partial charge in [-0.3, -0.25) is 4.79 Å². The Morgan fingerprint density at radius 2 is 1.59 bits per heavy atom. The zero-order valence-electron chi connectivity index (χ0n) is 16.1. The number of ketones is 1. The van der Waals surface area contributed by atoms with Gasteiger partial charge in [0.25, 0.3) is 0 Å². The summed E-state index contributed by atoms with van der Waals surface area (Å²) in [6.45, 7) is 9.04. The van der Waals surface area contributed by atoms with E-state index in [1.165, 1.54) is 4.90 Å². The molecule has 1 heterocycles. The maximum atomic E-state index is 13.4. The number of carbonyl (C=O) groups is 1. The van der Waals surface area contributed by atoms with E-state index in [-0.39, 0.29) is 5.78 Å². The molecule has 4 rings (SSSR count). The van der Waals surface area contributed by atoms with Gasteiger partial charge < -0.3 is 10.2 Å². The molecule has 0 unspecified atom stereocenters. The Hall–Kier alpha value is -3.24. The van der Waals surface area contributed by atoms with Crippen molar-refractivity contribution < 1.29 is 4.79 Å². The lowest BCUT2D eigenvalue weighted by molar-refractivity contribution is 0.103. The summed E-state index contributed by atoms with van der Waals surface area (Å²) in [7, 11) is 0. The van der Waals surface area contributed by atoms with E-state index in [0.29, 0.717) is 24.2 Å². The third kappa shape index (κ3) is 3.71. The van der Waals surface area contributed by atoms with E-state index in [2.05, 4.69) is 35.5 Å². The van der Waals surface area contributed by atoms with Crippen molar-refractivity contribution >= 4 is 34.6 Å². The van der Waals surface area contributed by atoms with Crippen molar-refractivity contribution in [3.63, 3.8) is 0 Å². The van der Waals surface area contributed by atoms with Crippen LogP contribution >= 0.6 is 11.8 Å². The first kappa shape index (κ1) is 19.1. The number of anilines is 3. The smallest absolute Gasteiger partial charge is 0.195 e. The summed E-state index contributed by atoms with van der Waals surface area (Å²) in [4.78, 5) is 17.8. The summed E-state index contributed by atoms with van der Waals surface area (Å²) in [5.74, 6) is 0.00665. The van der Waals surface area contributed by atoms with E-state index >= 15 is 0 Å². The number of benzene rings is 3. The van der Waals surface area contributed by atoms with Crippen LogP contribution < -0.4 is 10.2 Å². The van der Waals surface area contributed by atoms with Crippen molar-refractivity contribution in [1.82, 2.24) is 0 Å². The highest BCUT2D eigenvalue weighted by Gasteiger charge is 2.26. The Balaban J connectivity index is 1.89. The molecule has 0 amide bonds. The minimum atomic E-state index is 0.00665. The minimum absolute atomic E-state index is 0.00665. The lowest BCUT2D eigenvalue weighted by Gasteiger charge is -2.31. The van der Waals surface area contributed by atoms with Crippen LogP contribution in [0.25, 0.3) is 0 Å². The van der Waals surface area contributed by atoms with Crippen molar-refractivity contribution in [2.45, 2.75) is 9.79 Å². The molecule has 29 heavy (non-hydrogen) atoms. The summed E-state index contributed by atoms with van der Waals surface area (Å²) in [5, 5.41) is 3.57. The first-order chi connectivity index (χ1) is 14.2. The molecule has 0 bridgehead atoms. The lowest BCUT2D eigenvalue weighted by Crippen LogP contribution is -2.27. The molecule has 144 valence electrons. The first-order valence-corrected chi connectivity index (χ1v) is 10.3. The van der Waals surface area contributed by atoms with E-state index in [1.807, 2.05) is 66.7 Å². The van der Waals surface area contributed by atoms with E-state index < -0.39 is 0 Å². The topological polar surface area (TPSA) is 32.3 Å². The van der Waals surface area contributed by atoms with Crippen LogP contribution in [-0.4, -0.2) is 18.9 Å². The Morgan fingerprint density at radius 3 is 2.31 bits per heavy atom. The van der Waals surface area contributed by atoms with Gasteiger partial charge >= 0.3 is 0 Å². The summed E-state index contributed by atoms with van der Waals surface area (Å²) in [6.07, 6.45) is 3.70. The second kappa shape index (κ2) is 8.41. The van der Waals surface area contributed by atoms with E-state index in [4.69, 9.17) is 0 Å². The summed E-state index contributed by atoms with van der Waals surface area (Å²) in [6, 6.07) is 21.6. The fourth-order valence-electron chi connectivity index (χ4n) is 3.52. The number of para-hydroxylation sites is 1. The van der Waals surface area contributed by atoms with Crippen molar-refractivity contribution in [3.05, 3.63) is 103 Å². The quantitative estimate of drug-likeness (QED) is 0.292. The largest absolute Gasteiger partial charge is 0.362 e. The molecule has 0 radical (unpaired) electrons. The Bertz CT molecular complexity index is 1070. The van der Waals surface area contributed by atoms with Gasteiger partial charge in [-0.25, -0.2) is 0 Å². The number of fused-ring (bicyclic) bond motifs is 2. The van der Waals surface area contributed by atoms with Crippen LogP contribution in [0, 0.1) is 0 Å². The predicted molar refractivity (Wildman–Crippen MR) is 123 cm³/mol. The zero-order valence-corrected chi connectivity index (χ0v) is 16.9. The number of nitrogens with zero attached hydrogens (tertiary/aromatic N) is 1.